The Labute approximate surface area is 115 Å². The van der Waals surface area contributed by atoms with Crippen LogP contribution in [0, 0.1) is 0 Å². The van der Waals surface area contributed by atoms with E-state index in [4.69, 9.17) is 4.98 Å². The maximum Gasteiger partial charge on any atom is 0.0801 e. The van der Waals surface area contributed by atoms with Crippen LogP contribution in [0.1, 0.15) is 0 Å². The summed E-state index contributed by atoms with van der Waals surface area (Å²) in [6.07, 6.45) is 0. The van der Waals surface area contributed by atoms with Crippen molar-refractivity contribution < 1.29 is 0 Å². The zero-order valence-electron chi connectivity index (χ0n) is 10.8. The van der Waals surface area contributed by atoms with E-state index in [0.717, 1.165) is 11.0 Å². The molecule has 0 aliphatic carbocycles. The number of aromatic nitrogens is 1. The number of hydrogen-bond donors (Lipinski definition) is 0. The van der Waals surface area contributed by atoms with E-state index in [0.29, 0.717) is 0 Å². The van der Waals surface area contributed by atoms with Crippen molar-refractivity contribution >= 4 is 43.4 Å². The lowest BCUT2D eigenvalue weighted by atomic mass is 10.1. The van der Waals surface area contributed by atoms with Gasteiger partial charge < -0.3 is 0 Å². The highest BCUT2D eigenvalue weighted by Gasteiger charge is 2.15. The molecule has 1 nitrogen and oxygen atoms in total. The predicted molar refractivity (Wildman–Crippen MR) is 85.4 cm³/mol. The molecule has 4 aromatic carbocycles. The maximum absolute atomic E-state index is 4.87. The van der Waals surface area contributed by atoms with Crippen LogP contribution in [0.25, 0.3) is 43.4 Å². The number of hydrogen-bond acceptors (Lipinski definition) is 1. The standard InChI is InChI=1S/C19H11N/c1-2-8-13-16(11-3-1)20-19-15-10-5-7-12-6-4-9-14(17(12)15)18(13)19/h1-11H. The summed E-state index contributed by atoms with van der Waals surface area (Å²) in [6, 6.07) is 23.5. The van der Waals surface area contributed by atoms with E-state index in [-0.39, 0.29) is 0 Å². The van der Waals surface area contributed by atoms with Gasteiger partial charge in [0.25, 0.3) is 0 Å². The highest BCUT2D eigenvalue weighted by Crippen LogP contribution is 2.41. The van der Waals surface area contributed by atoms with Crippen LogP contribution in [0.4, 0.5) is 0 Å². The molecule has 0 radical (unpaired) electrons. The van der Waals surface area contributed by atoms with Crippen LogP contribution in [0.2, 0.25) is 0 Å². The minimum Gasteiger partial charge on any atom is -0.247 e. The second-order valence-corrected chi connectivity index (χ2v) is 5.25. The van der Waals surface area contributed by atoms with E-state index in [9.17, 15) is 0 Å². The third-order valence-corrected chi connectivity index (χ3v) is 4.18. The van der Waals surface area contributed by atoms with Crippen LogP contribution in [0.3, 0.4) is 0 Å². The zero-order valence-corrected chi connectivity index (χ0v) is 10.8. The second-order valence-electron chi connectivity index (χ2n) is 5.25. The molecular formula is C19H11N. The fourth-order valence-electron chi connectivity index (χ4n) is 3.36. The number of nitrogens with zero attached hydrogens (tertiary/aromatic N) is 1. The summed E-state index contributed by atoms with van der Waals surface area (Å²) in [4.78, 5) is 4.87. The fraction of sp³-hybridized carbons (Fsp3) is 0. The van der Waals surface area contributed by atoms with Gasteiger partial charge in [0.2, 0.25) is 0 Å². The first-order valence-electron chi connectivity index (χ1n) is 6.85. The average Bonchev–Trinajstić information content (AvgIpc) is 2.88. The van der Waals surface area contributed by atoms with Gasteiger partial charge in [-0.25, -0.2) is 4.98 Å². The Balaban J connectivity index is 2.23. The quantitative estimate of drug-likeness (QED) is 0.372. The Morgan fingerprint density at radius 1 is 0.550 bits per heavy atom. The van der Waals surface area contributed by atoms with Gasteiger partial charge in [-0.3, -0.25) is 0 Å². The lowest BCUT2D eigenvalue weighted by molar-refractivity contribution is 1.58. The van der Waals surface area contributed by atoms with Crippen molar-refractivity contribution in [3.63, 3.8) is 0 Å². The smallest absolute Gasteiger partial charge is 0.0801 e. The molecule has 0 aliphatic rings. The Hall–Kier alpha value is -2.67. The van der Waals surface area contributed by atoms with Crippen molar-refractivity contribution in [3.8, 4) is 0 Å². The van der Waals surface area contributed by atoms with Crippen molar-refractivity contribution in [1.82, 2.24) is 4.98 Å². The fourth-order valence-corrected chi connectivity index (χ4v) is 3.36. The van der Waals surface area contributed by atoms with E-state index in [1.165, 1.54) is 32.3 Å². The van der Waals surface area contributed by atoms with E-state index in [2.05, 4.69) is 66.7 Å². The average molecular weight is 253 g/mol. The third kappa shape index (κ3) is 1.11. The number of rotatable bonds is 0. The van der Waals surface area contributed by atoms with Gasteiger partial charge in [0.05, 0.1) is 11.0 Å². The molecule has 0 aliphatic heterocycles. The van der Waals surface area contributed by atoms with Crippen LogP contribution in [-0.2, 0) is 0 Å². The Morgan fingerprint density at radius 2 is 1.30 bits per heavy atom. The van der Waals surface area contributed by atoms with Gasteiger partial charge in [-0.1, -0.05) is 60.7 Å². The van der Waals surface area contributed by atoms with E-state index >= 15 is 0 Å². The van der Waals surface area contributed by atoms with Gasteiger partial charge in [-0.05, 0) is 22.2 Å². The molecule has 0 unspecified atom stereocenters. The summed E-state index contributed by atoms with van der Waals surface area (Å²) in [5, 5.41) is 7.78. The Morgan fingerprint density at radius 3 is 2.20 bits per heavy atom. The highest BCUT2D eigenvalue weighted by atomic mass is 14.7. The van der Waals surface area contributed by atoms with Crippen LogP contribution < -0.4 is 0 Å². The summed E-state index contributed by atoms with van der Waals surface area (Å²) in [5.74, 6) is 0. The number of benzene rings is 2. The highest BCUT2D eigenvalue weighted by molar-refractivity contribution is 6.35. The Bertz CT molecular complexity index is 1090. The van der Waals surface area contributed by atoms with E-state index < -0.39 is 0 Å². The first kappa shape index (κ1) is 10.2. The predicted octanol–water partition coefficient (Wildman–Crippen LogP) is 5.13. The molecule has 5 aromatic rings. The van der Waals surface area contributed by atoms with Crippen LogP contribution in [0.5, 0.6) is 0 Å². The van der Waals surface area contributed by atoms with Crippen LogP contribution in [-0.4, -0.2) is 4.98 Å². The second kappa shape index (κ2) is 3.45. The minimum atomic E-state index is 1.08. The van der Waals surface area contributed by atoms with Crippen molar-refractivity contribution in [2.24, 2.45) is 0 Å². The number of fused-ring (bicyclic) bond motifs is 5. The molecule has 0 bridgehead atoms. The van der Waals surface area contributed by atoms with Gasteiger partial charge in [0.15, 0.2) is 0 Å². The zero-order chi connectivity index (χ0) is 13.1. The molecule has 1 heteroatoms. The molecule has 0 N–H and O–H groups in total. The summed E-state index contributed by atoms with van der Waals surface area (Å²) < 4.78 is 0. The molecular weight excluding hydrogens is 242 g/mol. The van der Waals surface area contributed by atoms with Gasteiger partial charge in [-0.15, -0.1) is 0 Å². The van der Waals surface area contributed by atoms with Gasteiger partial charge >= 0.3 is 0 Å². The SMILES string of the molecule is c1ccc2nc3c4cccc5cccc(c54)c3c2cc1. The van der Waals surface area contributed by atoms with E-state index in [1.54, 1.807) is 0 Å². The maximum atomic E-state index is 4.87. The molecule has 0 saturated heterocycles. The summed E-state index contributed by atoms with van der Waals surface area (Å²) >= 11 is 0. The molecule has 0 fully saturated rings. The van der Waals surface area contributed by atoms with Crippen molar-refractivity contribution in [1.29, 1.82) is 0 Å². The molecule has 0 atom stereocenters. The molecule has 0 spiro atoms. The van der Waals surface area contributed by atoms with Crippen molar-refractivity contribution in [3.05, 3.63) is 66.7 Å². The van der Waals surface area contributed by atoms with Gasteiger partial charge in [-0.2, -0.15) is 0 Å². The monoisotopic (exact) mass is 253 g/mol. The first-order chi connectivity index (χ1) is 9.93. The lowest BCUT2D eigenvalue weighted by Gasteiger charge is -1.97. The molecule has 1 aromatic heterocycles. The summed E-state index contributed by atoms with van der Waals surface area (Å²) in [7, 11) is 0. The lowest BCUT2D eigenvalue weighted by Crippen LogP contribution is -1.72. The molecule has 0 amide bonds. The molecule has 20 heavy (non-hydrogen) atoms. The first-order valence-corrected chi connectivity index (χ1v) is 6.85. The summed E-state index contributed by atoms with van der Waals surface area (Å²) in [6.45, 7) is 0. The third-order valence-electron chi connectivity index (χ3n) is 4.18. The molecule has 1 heterocycles. The van der Waals surface area contributed by atoms with E-state index in [1.807, 2.05) is 0 Å². The topological polar surface area (TPSA) is 12.9 Å². The normalized spacial score (nSPS) is 12.0. The van der Waals surface area contributed by atoms with Gasteiger partial charge in [0.1, 0.15) is 0 Å². The van der Waals surface area contributed by atoms with Crippen LogP contribution in [0.15, 0.2) is 66.7 Å². The largest absolute Gasteiger partial charge is 0.247 e. The van der Waals surface area contributed by atoms with Crippen LogP contribution >= 0.6 is 0 Å². The minimum absolute atomic E-state index is 1.08. The molecule has 0 saturated carbocycles. The van der Waals surface area contributed by atoms with Crippen molar-refractivity contribution in [2.45, 2.75) is 0 Å². The van der Waals surface area contributed by atoms with Crippen molar-refractivity contribution in [2.75, 3.05) is 0 Å². The Kier molecular flexibility index (Phi) is 1.75. The molecule has 5 rings (SSSR count). The molecule has 92 valence electrons. The van der Waals surface area contributed by atoms with Gasteiger partial charge in [0, 0.05) is 16.2 Å². The summed E-state index contributed by atoms with van der Waals surface area (Å²) in [5.41, 5.74) is 2.21.